The van der Waals surface area contributed by atoms with E-state index in [0.29, 0.717) is 6.54 Å². The SMILES string of the molecule is CCN(CC)C(C(=O)N(C)Cc1c(C)noc1C)c1ccccc1. The number of nitrogens with zero attached hydrogens (tertiary/aromatic N) is 3. The molecule has 2 rings (SSSR count). The molecule has 0 saturated carbocycles. The van der Waals surface area contributed by atoms with Crippen molar-refractivity contribution >= 4 is 5.91 Å². The van der Waals surface area contributed by atoms with E-state index in [-0.39, 0.29) is 11.9 Å². The highest BCUT2D eigenvalue weighted by Crippen LogP contribution is 2.24. The van der Waals surface area contributed by atoms with Gasteiger partial charge in [0.2, 0.25) is 5.91 Å². The topological polar surface area (TPSA) is 49.6 Å². The lowest BCUT2D eigenvalue weighted by atomic mass is 10.0. The Morgan fingerprint density at radius 3 is 2.29 bits per heavy atom. The van der Waals surface area contributed by atoms with Crippen LogP contribution in [0.3, 0.4) is 0 Å². The van der Waals surface area contributed by atoms with Crippen LogP contribution < -0.4 is 0 Å². The summed E-state index contributed by atoms with van der Waals surface area (Å²) in [4.78, 5) is 17.1. The van der Waals surface area contributed by atoms with Crippen LogP contribution in [0, 0.1) is 13.8 Å². The molecule has 0 aliphatic heterocycles. The van der Waals surface area contributed by atoms with Gasteiger partial charge >= 0.3 is 0 Å². The molecule has 5 heteroatoms. The first-order valence-electron chi connectivity index (χ1n) is 8.45. The van der Waals surface area contributed by atoms with Gasteiger partial charge in [-0.25, -0.2) is 0 Å². The van der Waals surface area contributed by atoms with E-state index in [0.717, 1.165) is 35.7 Å². The third kappa shape index (κ3) is 3.85. The molecule has 0 fully saturated rings. The fourth-order valence-electron chi connectivity index (χ4n) is 2.99. The summed E-state index contributed by atoms with van der Waals surface area (Å²) in [5.74, 6) is 0.858. The summed E-state index contributed by atoms with van der Waals surface area (Å²) in [5, 5.41) is 3.98. The van der Waals surface area contributed by atoms with Gasteiger partial charge in [-0.05, 0) is 32.5 Å². The van der Waals surface area contributed by atoms with Crippen LogP contribution in [0.4, 0.5) is 0 Å². The van der Waals surface area contributed by atoms with Crippen LogP contribution in [-0.2, 0) is 11.3 Å². The molecule has 1 aromatic heterocycles. The zero-order valence-electron chi connectivity index (χ0n) is 15.2. The van der Waals surface area contributed by atoms with Gasteiger partial charge in [-0.15, -0.1) is 0 Å². The maximum atomic E-state index is 13.2. The monoisotopic (exact) mass is 329 g/mol. The molecule has 0 radical (unpaired) electrons. The average Bonchev–Trinajstić information content (AvgIpc) is 2.91. The van der Waals surface area contributed by atoms with Crippen LogP contribution in [0.25, 0.3) is 0 Å². The number of carbonyl (C=O) groups is 1. The van der Waals surface area contributed by atoms with Crippen LogP contribution >= 0.6 is 0 Å². The number of benzene rings is 1. The van der Waals surface area contributed by atoms with E-state index in [4.69, 9.17) is 4.52 Å². The highest BCUT2D eigenvalue weighted by atomic mass is 16.5. The lowest BCUT2D eigenvalue weighted by Crippen LogP contribution is -2.41. The van der Waals surface area contributed by atoms with Gasteiger partial charge in [-0.2, -0.15) is 0 Å². The van der Waals surface area contributed by atoms with Gasteiger partial charge in [0.25, 0.3) is 0 Å². The fourth-order valence-corrected chi connectivity index (χ4v) is 2.99. The molecule has 0 spiro atoms. The van der Waals surface area contributed by atoms with E-state index in [9.17, 15) is 4.79 Å². The number of hydrogen-bond acceptors (Lipinski definition) is 4. The van der Waals surface area contributed by atoms with E-state index >= 15 is 0 Å². The van der Waals surface area contributed by atoms with Crippen molar-refractivity contribution in [2.75, 3.05) is 20.1 Å². The first-order chi connectivity index (χ1) is 11.5. The summed E-state index contributed by atoms with van der Waals surface area (Å²) in [7, 11) is 1.84. The normalized spacial score (nSPS) is 12.4. The Kier molecular flexibility index (Phi) is 6.15. The van der Waals surface area contributed by atoms with E-state index in [2.05, 4.69) is 23.9 Å². The molecule has 1 aromatic carbocycles. The van der Waals surface area contributed by atoms with E-state index < -0.39 is 0 Å². The summed E-state index contributed by atoms with van der Waals surface area (Å²) in [6, 6.07) is 9.70. The molecular weight excluding hydrogens is 302 g/mol. The van der Waals surface area contributed by atoms with Gasteiger partial charge in [0.05, 0.1) is 12.2 Å². The number of likely N-dealkylation sites (N-methyl/N-ethyl adjacent to an activating group) is 2. The highest BCUT2D eigenvalue weighted by Gasteiger charge is 2.29. The molecule has 0 aliphatic carbocycles. The van der Waals surface area contributed by atoms with Gasteiger partial charge in [-0.3, -0.25) is 9.69 Å². The summed E-state index contributed by atoms with van der Waals surface area (Å²) in [6.07, 6.45) is 0. The number of carbonyl (C=O) groups excluding carboxylic acids is 1. The molecule has 0 N–H and O–H groups in total. The number of aromatic nitrogens is 1. The lowest BCUT2D eigenvalue weighted by molar-refractivity contribution is -0.136. The standard InChI is InChI=1S/C19H27N3O2/c1-6-22(7-2)18(16-11-9-8-10-12-16)19(23)21(5)13-17-14(3)20-24-15(17)4/h8-12,18H,6-7,13H2,1-5H3. The minimum absolute atomic E-state index is 0.0879. The lowest BCUT2D eigenvalue weighted by Gasteiger charge is -2.32. The van der Waals surface area contributed by atoms with Gasteiger partial charge in [-0.1, -0.05) is 49.3 Å². The molecule has 2 aromatic rings. The number of aryl methyl sites for hydroxylation is 2. The minimum Gasteiger partial charge on any atom is -0.361 e. The molecule has 0 saturated heterocycles. The van der Waals surface area contributed by atoms with Crippen molar-refractivity contribution in [2.24, 2.45) is 0 Å². The maximum absolute atomic E-state index is 13.2. The van der Waals surface area contributed by atoms with E-state index in [1.165, 1.54) is 0 Å². The van der Waals surface area contributed by atoms with Crippen molar-refractivity contribution in [3.05, 3.63) is 52.9 Å². The Morgan fingerprint density at radius 1 is 1.17 bits per heavy atom. The van der Waals surface area contributed by atoms with Crippen molar-refractivity contribution in [3.8, 4) is 0 Å². The summed E-state index contributed by atoms with van der Waals surface area (Å²) >= 11 is 0. The molecular formula is C19H27N3O2. The predicted molar refractivity (Wildman–Crippen MR) is 94.6 cm³/mol. The average molecular weight is 329 g/mol. The molecule has 0 aliphatic rings. The van der Waals surface area contributed by atoms with Crippen LogP contribution in [0.5, 0.6) is 0 Å². The van der Waals surface area contributed by atoms with Gasteiger partial charge < -0.3 is 9.42 Å². The predicted octanol–water partition coefficient (Wildman–Crippen LogP) is 3.33. The first kappa shape index (κ1) is 18.2. The Morgan fingerprint density at radius 2 is 1.79 bits per heavy atom. The third-order valence-corrected chi connectivity index (χ3v) is 4.48. The zero-order valence-corrected chi connectivity index (χ0v) is 15.2. The number of rotatable bonds is 7. The van der Waals surface area contributed by atoms with Gasteiger partial charge in [0.15, 0.2) is 0 Å². The van der Waals surface area contributed by atoms with Gasteiger partial charge in [0, 0.05) is 12.6 Å². The summed E-state index contributed by atoms with van der Waals surface area (Å²) in [5.41, 5.74) is 2.85. The molecule has 24 heavy (non-hydrogen) atoms. The van der Waals surface area contributed by atoms with Crippen molar-refractivity contribution in [1.82, 2.24) is 15.0 Å². The Labute approximate surface area is 144 Å². The molecule has 5 nitrogen and oxygen atoms in total. The fraction of sp³-hybridized carbons (Fsp3) is 0.474. The van der Waals surface area contributed by atoms with Crippen LogP contribution in [-0.4, -0.2) is 41.0 Å². The molecule has 1 atom stereocenters. The summed E-state index contributed by atoms with van der Waals surface area (Å²) < 4.78 is 5.21. The zero-order chi connectivity index (χ0) is 17.7. The second kappa shape index (κ2) is 8.11. The van der Waals surface area contributed by atoms with E-state index in [1.807, 2.05) is 51.2 Å². The molecule has 1 amide bonds. The molecule has 1 heterocycles. The highest BCUT2D eigenvalue weighted by molar-refractivity contribution is 5.83. The van der Waals surface area contributed by atoms with E-state index in [1.54, 1.807) is 4.90 Å². The van der Waals surface area contributed by atoms with Crippen molar-refractivity contribution in [2.45, 2.75) is 40.3 Å². The number of hydrogen-bond donors (Lipinski definition) is 0. The largest absolute Gasteiger partial charge is 0.361 e. The van der Waals surface area contributed by atoms with Crippen LogP contribution in [0.2, 0.25) is 0 Å². The molecule has 130 valence electrons. The quantitative estimate of drug-likeness (QED) is 0.782. The van der Waals surface area contributed by atoms with Crippen molar-refractivity contribution in [1.29, 1.82) is 0 Å². The van der Waals surface area contributed by atoms with Crippen LogP contribution in [0.15, 0.2) is 34.9 Å². The summed E-state index contributed by atoms with van der Waals surface area (Å²) in [6.45, 7) is 10.1. The van der Waals surface area contributed by atoms with Crippen molar-refractivity contribution < 1.29 is 9.32 Å². The smallest absolute Gasteiger partial charge is 0.244 e. The third-order valence-electron chi connectivity index (χ3n) is 4.48. The Balaban J connectivity index is 2.27. The first-order valence-corrected chi connectivity index (χ1v) is 8.45. The molecule has 1 unspecified atom stereocenters. The second-order valence-electron chi connectivity index (χ2n) is 6.03. The number of amides is 1. The second-order valence-corrected chi connectivity index (χ2v) is 6.03. The van der Waals surface area contributed by atoms with Crippen molar-refractivity contribution in [3.63, 3.8) is 0 Å². The minimum atomic E-state index is -0.272. The van der Waals surface area contributed by atoms with Gasteiger partial charge in [0.1, 0.15) is 11.8 Å². The Hall–Kier alpha value is -2.14. The maximum Gasteiger partial charge on any atom is 0.244 e. The van der Waals surface area contributed by atoms with Crippen LogP contribution in [0.1, 0.15) is 42.5 Å². The Bertz CT molecular complexity index is 643. The molecule has 0 bridgehead atoms.